The Morgan fingerprint density at radius 3 is 2.50 bits per heavy atom. The third kappa shape index (κ3) is 3.88. The van der Waals surface area contributed by atoms with Crippen LogP contribution < -0.4 is 0 Å². The zero-order valence-corrected chi connectivity index (χ0v) is 17.0. The lowest BCUT2D eigenvalue weighted by Gasteiger charge is -2.11. The third-order valence-electron chi connectivity index (χ3n) is 4.97. The minimum atomic E-state index is 0.879. The molecule has 3 rings (SSSR count). The number of rotatable bonds is 8. The molecule has 0 N–H and O–H groups in total. The molecule has 0 saturated carbocycles. The Kier molecular flexibility index (Phi) is 6.20. The molecule has 0 aliphatic carbocycles. The monoisotopic (exact) mass is 368 g/mol. The topological polar surface area (TPSA) is 35.6 Å². The first-order chi connectivity index (χ1) is 12.7. The van der Waals surface area contributed by atoms with Crippen LogP contribution in [0.3, 0.4) is 0 Å². The molecule has 26 heavy (non-hydrogen) atoms. The molecule has 138 valence electrons. The maximum Gasteiger partial charge on any atom is 0.0956 e. The SMILES string of the molecule is CCc1c(C)nn(CCn2cnc(-c3ccccc3)c2CCSC)c1C. The van der Waals surface area contributed by atoms with E-state index in [0.29, 0.717) is 0 Å². The molecule has 0 bridgehead atoms. The smallest absolute Gasteiger partial charge is 0.0956 e. The lowest BCUT2D eigenvalue weighted by atomic mass is 10.1. The van der Waals surface area contributed by atoms with Gasteiger partial charge in [0.1, 0.15) is 0 Å². The third-order valence-corrected chi connectivity index (χ3v) is 5.59. The van der Waals surface area contributed by atoms with Crippen LogP contribution in [0, 0.1) is 13.8 Å². The largest absolute Gasteiger partial charge is 0.332 e. The van der Waals surface area contributed by atoms with Gasteiger partial charge < -0.3 is 4.57 Å². The van der Waals surface area contributed by atoms with Gasteiger partial charge in [-0.15, -0.1) is 0 Å². The van der Waals surface area contributed by atoms with E-state index in [1.54, 1.807) is 0 Å². The molecule has 0 atom stereocenters. The van der Waals surface area contributed by atoms with E-state index in [-0.39, 0.29) is 0 Å². The van der Waals surface area contributed by atoms with E-state index in [2.05, 4.69) is 66.6 Å². The lowest BCUT2D eigenvalue weighted by molar-refractivity contribution is 0.512. The van der Waals surface area contributed by atoms with Crippen molar-refractivity contribution in [2.75, 3.05) is 12.0 Å². The van der Waals surface area contributed by atoms with Crippen LogP contribution in [-0.4, -0.2) is 31.3 Å². The van der Waals surface area contributed by atoms with Crippen LogP contribution in [-0.2, 0) is 25.9 Å². The van der Waals surface area contributed by atoms with Crippen LogP contribution in [0.5, 0.6) is 0 Å². The molecular weight excluding hydrogens is 340 g/mol. The predicted octanol–water partition coefficient (Wildman–Crippen LogP) is 4.53. The molecule has 4 nitrogen and oxygen atoms in total. The van der Waals surface area contributed by atoms with Crippen molar-refractivity contribution in [1.29, 1.82) is 0 Å². The molecule has 2 heterocycles. The van der Waals surface area contributed by atoms with E-state index >= 15 is 0 Å². The summed E-state index contributed by atoms with van der Waals surface area (Å²) in [6, 6.07) is 10.5. The minimum absolute atomic E-state index is 0.879. The van der Waals surface area contributed by atoms with Crippen molar-refractivity contribution in [2.24, 2.45) is 0 Å². The molecular formula is C21H28N4S. The average Bonchev–Trinajstić information content (AvgIpc) is 3.18. The molecule has 0 spiro atoms. The highest BCUT2D eigenvalue weighted by atomic mass is 32.2. The van der Waals surface area contributed by atoms with Crippen molar-refractivity contribution < 1.29 is 0 Å². The number of hydrogen-bond acceptors (Lipinski definition) is 3. The highest BCUT2D eigenvalue weighted by molar-refractivity contribution is 7.98. The van der Waals surface area contributed by atoms with Crippen LogP contribution >= 0.6 is 11.8 Å². The van der Waals surface area contributed by atoms with E-state index in [1.165, 1.54) is 22.5 Å². The van der Waals surface area contributed by atoms with Gasteiger partial charge in [-0.25, -0.2) is 4.98 Å². The normalized spacial score (nSPS) is 11.2. The number of benzene rings is 1. The predicted molar refractivity (Wildman–Crippen MR) is 111 cm³/mol. The van der Waals surface area contributed by atoms with Gasteiger partial charge in [-0.2, -0.15) is 16.9 Å². The van der Waals surface area contributed by atoms with E-state index in [0.717, 1.165) is 43.1 Å². The number of imidazole rings is 1. The second-order valence-corrected chi connectivity index (χ2v) is 7.55. The second-order valence-electron chi connectivity index (χ2n) is 6.57. The number of hydrogen-bond donors (Lipinski definition) is 0. The van der Waals surface area contributed by atoms with E-state index in [1.807, 2.05) is 18.1 Å². The number of nitrogens with zero attached hydrogens (tertiary/aromatic N) is 4. The molecule has 2 aromatic heterocycles. The van der Waals surface area contributed by atoms with Crippen molar-refractivity contribution in [2.45, 2.75) is 46.7 Å². The summed E-state index contributed by atoms with van der Waals surface area (Å²) < 4.78 is 4.45. The van der Waals surface area contributed by atoms with Crippen LogP contribution in [0.4, 0.5) is 0 Å². The average molecular weight is 369 g/mol. The van der Waals surface area contributed by atoms with E-state index in [9.17, 15) is 0 Å². The van der Waals surface area contributed by atoms with Gasteiger partial charge in [-0.3, -0.25) is 4.68 Å². The molecule has 3 aromatic rings. The molecule has 0 aliphatic heterocycles. The van der Waals surface area contributed by atoms with Crippen LogP contribution in [0.2, 0.25) is 0 Å². The first-order valence-corrected chi connectivity index (χ1v) is 10.7. The summed E-state index contributed by atoms with van der Waals surface area (Å²) in [6.45, 7) is 8.26. The highest BCUT2D eigenvalue weighted by Crippen LogP contribution is 2.23. The Morgan fingerprint density at radius 1 is 1.08 bits per heavy atom. The summed E-state index contributed by atoms with van der Waals surface area (Å²) in [4.78, 5) is 4.74. The van der Waals surface area contributed by atoms with Gasteiger partial charge in [0.25, 0.3) is 0 Å². The fourth-order valence-corrected chi connectivity index (χ4v) is 3.96. The lowest BCUT2D eigenvalue weighted by Crippen LogP contribution is -2.12. The molecule has 1 aromatic carbocycles. The zero-order valence-electron chi connectivity index (χ0n) is 16.2. The fraction of sp³-hybridized carbons (Fsp3) is 0.429. The number of thioether (sulfide) groups is 1. The van der Waals surface area contributed by atoms with Gasteiger partial charge in [0.2, 0.25) is 0 Å². The van der Waals surface area contributed by atoms with Gasteiger partial charge in [-0.1, -0.05) is 37.3 Å². The summed E-state index contributed by atoms with van der Waals surface area (Å²) >= 11 is 1.88. The van der Waals surface area contributed by atoms with E-state index in [4.69, 9.17) is 10.1 Å². The Bertz CT molecular complexity index is 849. The molecule has 0 fully saturated rings. The molecule has 0 amide bonds. The first kappa shape index (κ1) is 18.8. The van der Waals surface area contributed by atoms with Crippen molar-refractivity contribution >= 4 is 11.8 Å². The minimum Gasteiger partial charge on any atom is -0.332 e. The maximum atomic E-state index is 4.74. The quantitative estimate of drug-likeness (QED) is 0.586. The van der Waals surface area contributed by atoms with Gasteiger partial charge in [0.15, 0.2) is 0 Å². The molecule has 0 radical (unpaired) electrons. The summed E-state index contributed by atoms with van der Waals surface area (Å²) in [5.74, 6) is 1.10. The Hall–Kier alpha value is -2.01. The first-order valence-electron chi connectivity index (χ1n) is 9.27. The van der Waals surface area contributed by atoms with Crippen molar-refractivity contribution in [3.05, 3.63) is 59.3 Å². The van der Waals surface area contributed by atoms with Crippen LogP contribution in [0.15, 0.2) is 36.7 Å². The fourth-order valence-electron chi connectivity index (χ4n) is 3.56. The highest BCUT2D eigenvalue weighted by Gasteiger charge is 2.14. The summed E-state index contributed by atoms with van der Waals surface area (Å²) in [5.41, 5.74) is 7.46. The summed E-state index contributed by atoms with van der Waals surface area (Å²) in [5, 5.41) is 4.73. The number of aromatic nitrogens is 4. The molecule has 5 heteroatoms. The maximum absolute atomic E-state index is 4.74. The Labute approximate surface area is 160 Å². The van der Waals surface area contributed by atoms with Crippen molar-refractivity contribution in [3.8, 4) is 11.3 Å². The molecule has 0 unspecified atom stereocenters. The van der Waals surface area contributed by atoms with E-state index < -0.39 is 0 Å². The molecule has 0 aliphatic rings. The number of aryl methyl sites for hydroxylation is 3. The summed E-state index contributed by atoms with van der Waals surface area (Å²) in [7, 11) is 0. The van der Waals surface area contributed by atoms with Crippen molar-refractivity contribution in [1.82, 2.24) is 19.3 Å². The van der Waals surface area contributed by atoms with Crippen molar-refractivity contribution in [3.63, 3.8) is 0 Å². The Morgan fingerprint density at radius 2 is 1.85 bits per heavy atom. The van der Waals surface area contributed by atoms with Gasteiger partial charge in [-0.05, 0) is 44.3 Å². The zero-order chi connectivity index (χ0) is 18.5. The second kappa shape index (κ2) is 8.58. The van der Waals surface area contributed by atoms with Gasteiger partial charge >= 0.3 is 0 Å². The molecule has 0 saturated heterocycles. The Balaban J connectivity index is 1.84. The standard InChI is InChI=1S/C21H28N4S/c1-5-19-16(2)23-25(17(19)3)13-12-24-15-22-21(20(24)11-14-26-4)18-9-7-6-8-10-18/h6-10,15H,5,11-14H2,1-4H3. The summed E-state index contributed by atoms with van der Waals surface area (Å²) in [6.07, 6.45) is 6.22. The van der Waals surface area contributed by atoms with Crippen LogP contribution in [0.25, 0.3) is 11.3 Å². The van der Waals surface area contributed by atoms with Crippen LogP contribution in [0.1, 0.15) is 29.6 Å². The van der Waals surface area contributed by atoms with Gasteiger partial charge in [0.05, 0.1) is 24.3 Å². The van der Waals surface area contributed by atoms with Gasteiger partial charge in [0, 0.05) is 23.5 Å².